The van der Waals surface area contributed by atoms with Crippen LogP contribution < -0.4 is 5.12 Å². The van der Waals surface area contributed by atoms with Gasteiger partial charge in [-0.1, -0.05) is 150 Å². The predicted octanol–water partition coefficient (Wildman–Crippen LogP) is 12.5. The molecular weight excluding hydrogens is 602 g/mol. The van der Waals surface area contributed by atoms with Gasteiger partial charge >= 0.3 is 0 Å². The zero-order chi connectivity index (χ0) is 34.7. The van der Waals surface area contributed by atoms with E-state index in [4.69, 9.17) is 4.98 Å². The number of hydrogen-bond donors (Lipinski definition) is 0. The maximum atomic E-state index is 17.9. The summed E-state index contributed by atoms with van der Waals surface area (Å²) in [4.78, 5) is 7.99. The number of anilines is 1. The molecule has 1 aliphatic carbocycles. The number of aromatic nitrogens is 1. The number of halogens is 1. The molecule has 1 atom stereocenters. The Hall–Kier alpha value is -4.02. The van der Waals surface area contributed by atoms with Gasteiger partial charge in [0.2, 0.25) is 0 Å². The fraction of sp³-hybridized carbons (Fsp3) is 0.400. The van der Waals surface area contributed by atoms with E-state index >= 15 is 4.48 Å². The van der Waals surface area contributed by atoms with Crippen molar-refractivity contribution in [3.05, 3.63) is 131 Å². The molecule has 1 fully saturated rings. The van der Waals surface area contributed by atoms with Crippen LogP contribution in [0.3, 0.4) is 0 Å². The average molecular weight is 656 g/mol. The molecule has 1 aliphatic rings. The summed E-state index contributed by atoms with van der Waals surface area (Å²) in [6.07, 6.45) is 6.47. The minimum atomic E-state index is -0.723. The smallest absolute Gasteiger partial charge is 0.129 e. The molecule has 0 N–H and O–H groups in total. The summed E-state index contributed by atoms with van der Waals surface area (Å²) in [5.41, 5.74) is 8.79. The fourth-order valence-corrected chi connectivity index (χ4v) is 7.98. The van der Waals surface area contributed by atoms with Crippen LogP contribution in [-0.2, 0) is 6.54 Å². The second kappa shape index (κ2) is 15.3. The Bertz CT molecular complexity index is 1840. The summed E-state index contributed by atoms with van der Waals surface area (Å²) in [5.74, 6) is 0.540. The highest BCUT2D eigenvalue weighted by Crippen LogP contribution is 2.44. The van der Waals surface area contributed by atoms with Crippen molar-refractivity contribution in [2.24, 2.45) is 0 Å². The highest BCUT2D eigenvalue weighted by molar-refractivity contribution is 5.97. The molecule has 3 nitrogen and oxygen atoms in total. The van der Waals surface area contributed by atoms with E-state index in [0.29, 0.717) is 17.4 Å². The molecule has 0 spiro atoms. The van der Waals surface area contributed by atoms with Crippen LogP contribution >= 0.6 is 0 Å². The summed E-state index contributed by atoms with van der Waals surface area (Å²) in [7, 11) is 2.27. The lowest BCUT2D eigenvalue weighted by Crippen LogP contribution is -2.33. The van der Waals surface area contributed by atoms with E-state index < -0.39 is 6.04 Å². The SMILES string of the molecule is CC(C)c1ccccc1C(c1cccc(-c2c(CN(C)C3CCCCC3)ccc3ccccc23)n1)N(F)c1c(C(C)C)cccc1C(C)C. The number of benzene rings is 4. The molecule has 0 saturated heterocycles. The van der Waals surface area contributed by atoms with E-state index in [1.807, 2.05) is 12.1 Å². The second-order valence-corrected chi connectivity index (χ2v) is 15.1. The highest BCUT2D eigenvalue weighted by atomic mass is 19.2. The Morgan fingerprint density at radius 3 is 1.92 bits per heavy atom. The highest BCUT2D eigenvalue weighted by Gasteiger charge is 2.32. The third kappa shape index (κ3) is 7.31. The first-order valence-corrected chi connectivity index (χ1v) is 18.5. The van der Waals surface area contributed by atoms with Crippen molar-refractivity contribution in [3.8, 4) is 11.3 Å². The number of fused-ring (bicyclic) bond motifs is 1. The first-order valence-electron chi connectivity index (χ1n) is 18.5. The van der Waals surface area contributed by atoms with Gasteiger partial charge in [-0.2, -0.15) is 5.12 Å². The molecule has 5 aromatic rings. The van der Waals surface area contributed by atoms with E-state index in [0.717, 1.165) is 45.2 Å². The van der Waals surface area contributed by atoms with Gasteiger partial charge in [-0.25, -0.2) is 0 Å². The normalized spacial score (nSPS) is 14.8. The number of nitrogens with zero attached hydrogens (tertiary/aromatic N) is 3. The van der Waals surface area contributed by atoms with Crippen LogP contribution in [0.2, 0.25) is 0 Å². The molecule has 0 amide bonds. The summed E-state index contributed by atoms with van der Waals surface area (Å²) >= 11 is 0. The molecule has 1 heterocycles. The molecule has 1 aromatic heterocycles. The molecule has 4 aromatic carbocycles. The molecule has 1 saturated carbocycles. The van der Waals surface area contributed by atoms with Gasteiger partial charge in [-0.3, -0.25) is 9.88 Å². The van der Waals surface area contributed by atoms with E-state index in [1.165, 1.54) is 48.4 Å². The largest absolute Gasteiger partial charge is 0.299 e. The van der Waals surface area contributed by atoms with Crippen LogP contribution in [0.25, 0.3) is 22.0 Å². The molecule has 4 heteroatoms. The van der Waals surface area contributed by atoms with Gasteiger partial charge in [0.25, 0.3) is 0 Å². The number of hydrogen-bond acceptors (Lipinski definition) is 3. The summed E-state index contributed by atoms with van der Waals surface area (Å²) < 4.78 is 17.9. The van der Waals surface area contributed by atoms with Crippen LogP contribution in [-0.4, -0.2) is 23.0 Å². The third-order valence-electron chi connectivity index (χ3n) is 10.6. The molecular formula is C45H54FN3. The first-order chi connectivity index (χ1) is 23.7. The monoisotopic (exact) mass is 655 g/mol. The summed E-state index contributed by atoms with van der Waals surface area (Å²) in [5, 5.41) is 3.42. The maximum Gasteiger partial charge on any atom is 0.129 e. The van der Waals surface area contributed by atoms with Gasteiger partial charge in [0, 0.05) is 18.2 Å². The van der Waals surface area contributed by atoms with Crippen LogP contribution in [0.5, 0.6) is 0 Å². The van der Waals surface area contributed by atoms with Crippen molar-refractivity contribution in [1.82, 2.24) is 9.88 Å². The lowest BCUT2D eigenvalue weighted by Gasteiger charge is -2.33. The van der Waals surface area contributed by atoms with Crippen molar-refractivity contribution in [2.75, 3.05) is 12.2 Å². The second-order valence-electron chi connectivity index (χ2n) is 15.1. The van der Waals surface area contributed by atoms with Crippen LogP contribution in [0, 0.1) is 0 Å². The molecule has 0 bridgehead atoms. The van der Waals surface area contributed by atoms with Crippen molar-refractivity contribution in [1.29, 1.82) is 0 Å². The lowest BCUT2D eigenvalue weighted by atomic mass is 9.88. The van der Waals surface area contributed by atoms with E-state index in [9.17, 15) is 0 Å². The lowest BCUT2D eigenvalue weighted by molar-refractivity contribution is 0.185. The van der Waals surface area contributed by atoms with Gasteiger partial charge < -0.3 is 0 Å². The van der Waals surface area contributed by atoms with Crippen LogP contribution in [0.1, 0.15) is 131 Å². The Morgan fingerprint density at radius 2 is 1.24 bits per heavy atom. The molecule has 0 aliphatic heterocycles. The quantitative estimate of drug-likeness (QED) is 0.132. The Morgan fingerprint density at radius 1 is 0.653 bits per heavy atom. The Balaban J connectivity index is 1.54. The van der Waals surface area contributed by atoms with Crippen LogP contribution in [0.15, 0.2) is 97.1 Å². The minimum Gasteiger partial charge on any atom is -0.299 e. The third-order valence-corrected chi connectivity index (χ3v) is 10.6. The van der Waals surface area contributed by atoms with Crippen molar-refractivity contribution >= 4 is 16.5 Å². The number of para-hydroxylation sites is 1. The first kappa shape index (κ1) is 34.8. The molecule has 1 unspecified atom stereocenters. The maximum absolute atomic E-state index is 17.9. The van der Waals surface area contributed by atoms with Crippen molar-refractivity contribution in [3.63, 3.8) is 0 Å². The molecule has 49 heavy (non-hydrogen) atoms. The van der Waals surface area contributed by atoms with Gasteiger partial charge in [0.1, 0.15) is 6.04 Å². The van der Waals surface area contributed by atoms with E-state index in [2.05, 4.69) is 138 Å². The van der Waals surface area contributed by atoms with Crippen molar-refractivity contribution < 1.29 is 4.48 Å². The molecule has 6 rings (SSSR count). The fourth-order valence-electron chi connectivity index (χ4n) is 7.98. The topological polar surface area (TPSA) is 19.4 Å². The number of rotatable bonds is 11. The van der Waals surface area contributed by atoms with Gasteiger partial charge in [-0.15, -0.1) is 0 Å². The minimum absolute atomic E-state index is 0.159. The standard InChI is InChI=1S/C45H54FN3/c1-30(2)36-20-13-14-22-40(36)45(49(46)44-37(31(3)4)23-15-24-38(44)32(5)6)42-26-16-25-41(47-42)43-34(28-27-33-17-11-12-21-39(33)43)29-48(7)35-18-9-8-10-19-35/h11-17,20-28,30-32,35,45H,8-10,18-19,29H2,1-7H3. The van der Waals surface area contributed by atoms with Gasteiger partial charge in [0.15, 0.2) is 0 Å². The predicted molar refractivity (Wildman–Crippen MR) is 206 cm³/mol. The van der Waals surface area contributed by atoms with E-state index in [1.54, 1.807) is 0 Å². The number of pyridine rings is 1. The van der Waals surface area contributed by atoms with Crippen LogP contribution in [0.4, 0.5) is 10.2 Å². The molecule has 256 valence electrons. The van der Waals surface area contributed by atoms with E-state index in [-0.39, 0.29) is 17.8 Å². The molecule has 0 radical (unpaired) electrons. The van der Waals surface area contributed by atoms with Crippen molar-refractivity contribution in [2.45, 2.75) is 110 Å². The average Bonchev–Trinajstić information content (AvgIpc) is 3.11. The summed E-state index contributed by atoms with van der Waals surface area (Å²) in [6, 6.07) is 33.8. The zero-order valence-corrected chi connectivity index (χ0v) is 30.6. The summed E-state index contributed by atoms with van der Waals surface area (Å²) in [6.45, 7) is 13.8. The van der Waals surface area contributed by atoms with Gasteiger partial charge in [0.05, 0.1) is 17.1 Å². The Kier molecular flexibility index (Phi) is 10.8. The zero-order valence-electron chi connectivity index (χ0n) is 30.6. The Labute approximate surface area is 294 Å². The van der Waals surface area contributed by atoms with Gasteiger partial charge in [-0.05, 0) is 88.4 Å².